The Labute approximate surface area is 123 Å². The first-order chi connectivity index (χ1) is 8.54. The van der Waals surface area contributed by atoms with Crippen molar-refractivity contribution in [2.24, 2.45) is 0 Å². The third-order valence-electron chi connectivity index (χ3n) is 2.12. The molecule has 1 aromatic rings. The van der Waals surface area contributed by atoms with Crippen molar-refractivity contribution in [2.45, 2.75) is 6.92 Å². The molecule has 0 radical (unpaired) electrons. The average Bonchev–Trinajstić information content (AvgIpc) is 2.29. The Morgan fingerprint density at radius 3 is 2.44 bits per heavy atom. The molecule has 18 heavy (non-hydrogen) atoms. The van der Waals surface area contributed by atoms with Crippen molar-refractivity contribution in [1.82, 2.24) is 0 Å². The van der Waals surface area contributed by atoms with Crippen LogP contribution in [0.5, 0.6) is 0 Å². The highest BCUT2D eigenvalue weighted by molar-refractivity contribution is 9.11. The van der Waals surface area contributed by atoms with E-state index in [1.165, 1.54) is 0 Å². The summed E-state index contributed by atoms with van der Waals surface area (Å²) >= 11 is 6.83. The van der Waals surface area contributed by atoms with E-state index in [2.05, 4.69) is 37.2 Å². The standard InChI is InChI=1S/C12H15Br2NO3/c1-8-5-9(13)12(10(14)6-8)15-11(16)7-18-4-3-17-2/h5-6H,3-4,7H2,1-2H3,(H,15,16). The lowest BCUT2D eigenvalue weighted by molar-refractivity contribution is -0.121. The molecule has 1 aromatic carbocycles. The number of aryl methyl sites for hydroxylation is 1. The van der Waals surface area contributed by atoms with Crippen LogP contribution in [0.1, 0.15) is 5.56 Å². The number of carbonyl (C=O) groups is 1. The number of ether oxygens (including phenoxy) is 2. The predicted octanol–water partition coefficient (Wildman–Crippen LogP) is 3.12. The van der Waals surface area contributed by atoms with Gasteiger partial charge in [0.05, 0.1) is 18.9 Å². The third-order valence-corrected chi connectivity index (χ3v) is 3.37. The lowest BCUT2D eigenvalue weighted by atomic mass is 10.2. The van der Waals surface area contributed by atoms with E-state index in [-0.39, 0.29) is 12.5 Å². The van der Waals surface area contributed by atoms with Crippen molar-refractivity contribution in [2.75, 3.05) is 32.2 Å². The van der Waals surface area contributed by atoms with Gasteiger partial charge in [-0.05, 0) is 56.5 Å². The Morgan fingerprint density at radius 2 is 1.89 bits per heavy atom. The summed E-state index contributed by atoms with van der Waals surface area (Å²) in [5.74, 6) is -0.198. The summed E-state index contributed by atoms with van der Waals surface area (Å²) < 4.78 is 11.6. The molecule has 0 fully saturated rings. The van der Waals surface area contributed by atoms with Crippen LogP contribution in [0.4, 0.5) is 5.69 Å². The monoisotopic (exact) mass is 379 g/mol. The zero-order valence-electron chi connectivity index (χ0n) is 10.3. The molecule has 4 nitrogen and oxygen atoms in total. The van der Waals surface area contributed by atoms with E-state index in [0.29, 0.717) is 18.9 Å². The van der Waals surface area contributed by atoms with E-state index >= 15 is 0 Å². The van der Waals surface area contributed by atoms with Crippen LogP contribution in [0.25, 0.3) is 0 Å². The first kappa shape index (κ1) is 15.6. The van der Waals surface area contributed by atoms with Crippen LogP contribution in [-0.2, 0) is 14.3 Å². The molecule has 0 aliphatic rings. The first-order valence-electron chi connectivity index (χ1n) is 5.36. The second-order valence-corrected chi connectivity index (χ2v) is 5.41. The van der Waals surface area contributed by atoms with Gasteiger partial charge in [0.2, 0.25) is 5.91 Å². The van der Waals surface area contributed by atoms with Gasteiger partial charge in [-0.25, -0.2) is 0 Å². The zero-order valence-corrected chi connectivity index (χ0v) is 13.4. The van der Waals surface area contributed by atoms with Gasteiger partial charge in [0.15, 0.2) is 0 Å². The summed E-state index contributed by atoms with van der Waals surface area (Å²) in [6.07, 6.45) is 0. The highest BCUT2D eigenvalue weighted by atomic mass is 79.9. The molecule has 0 heterocycles. The van der Waals surface area contributed by atoms with Crippen LogP contribution in [-0.4, -0.2) is 32.8 Å². The second-order valence-electron chi connectivity index (χ2n) is 3.70. The molecule has 0 aromatic heterocycles. The molecule has 0 saturated carbocycles. The van der Waals surface area contributed by atoms with Crippen molar-refractivity contribution in [3.05, 3.63) is 26.6 Å². The summed E-state index contributed by atoms with van der Waals surface area (Å²) in [6.45, 7) is 2.87. The molecule has 0 aliphatic carbocycles. The van der Waals surface area contributed by atoms with Crippen LogP contribution in [0.15, 0.2) is 21.1 Å². The number of halogens is 2. The molecular formula is C12H15Br2NO3. The lowest BCUT2D eigenvalue weighted by Gasteiger charge is -2.11. The summed E-state index contributed by atoms with van der Waals surface area (Å²) in [7, 11) is 1.59. The van der Waals surface area contributed by atoms with Crippen molar-refractivity contribution in [1.29, 1.82) is 0 Å². The Balaban J connectivity index is 2.54. The van der Waals surface area contributed by atoms with Crippen LogP contribution in [0, 0.1) is 6.92 Å². The van der Waals surface area contributed by atoms with Crippen molar-refractivity contribution in [3.63, 3.8) is 0 Å². The average molecular weight is 381 g/mol. The molecule has 0 unspecified atom stereocenters. The Morgan fingerprint density at radius 1 is 1.28 bits per heavy atom. The van der Waals surface area contributed by atoms with Gasteiger partial charge in [-0.3, -0.25) is 4.79 Å². The molecule has 6 heteroatoms. The predicted molar refractivity (Wildman–Crippen MR) is 77.9 cm³/mol. The number of nitrogens with one attached hydrogen (secondary N) is 1. The Kier molecular flexibility index (Phi) is 6.85. The van der Waals surface area contributed by atoms with Gasteiger partial charge in [0.1, 0.15) is 6.61 Å². The van der Waals surface area contributed by atoms with Gasteiger partial charge < -0.3 is 14.8 Å². The van der Waals surface area contributed by atoms with Gasteiger partial charge in [-0.1, -0.05) is 0 Å². The maximum atomic E-state index is 11.6. The SMILES string of the molecule is COCCOCC(=O)Nc1c(Br)cc(C)cc1Br. The van der Waals surface area contributed by atoms with Gasteiger partial charge >= 0.3 is 0 Å². The van der Waals surface area contributed by atoms with Gasteiger partial charge in [-0.2, -0.15) is 0 Å². The van der Waals surface area contributed by atoms with Crippen LogP contribution in [0.3, 0.4) is 0 Å². The van der Waals surface area contributed by atoms with Gasteiger partial charge in [-0.15, -0.1) is 0 Å². The van der Waals surface area contributed by atoms with E-state index in [0.717, 1.165) is 14.5 Å². The van der Waals surface area contributed by atoms with Crippen LogP contribution in [0.2, 0.25) is 0 Å². The number of anilines is 1. The highest BCUT2D eigenvalue weighted by Gasteiger charge is 2.10. The van der Waals surface area contributed by atoms with Crippen LogP contribution < -0.4 is 5.32 Å². The molecular weight excluding hydrogens is 366 g/mol. The van der Waals surface area contributed by atoms with Gasteiger partial charge in [0, 0.05) is 16.1 Å². The maximum Gasteiger partial charge on any atom is 0.250 e. The number of hydrogen-bond acceptors (Lipinski definition) is 3. The van der Waals surface area contributed by atoms with E-state index < -0.39 is 0 Å². The smallest absolute Gasteiger partial charge is 0.250 e. The van der Waals surface area contributed by atoms with E-state index in [1.807, 2.05) is 19.1 Å². The topological polar surface area (TPSA) is 47.6 Å². The maximum absolute atomic E-state index is 11.6. The van der Waals surface area contributed by atoms with Crippen LogP contribution >= 0.6 is 31.9 Å². The minimum absolute atomic E-state index is 0.0100. The molecule has 0 saturated heterocycles. The fourth-order valence-electron chi connectivity index (χ4n) is 1.30. The minimum Gasteiger partial charge on any atom is -0.382 e. The lowest BCUT2D eigenvalue weighted by Crippen LogP contribution is -2.20. The van der Waals surface area contributed by atoms with E-state index in [4.69, 9.17) is 9.47 Å². The molecule has 100 valence electrons. The number of methoxy groups -OCH3 is 1. The molecule has 1 rings (SSSR count). The Hall–Kier alpha value is -0.430. The molecule has 0 atom stereocenters. The Bertz CT molecular complexity index is 401. The molecule has 1 N–H and O–H groups in total. The largest absolute Gasteiger partial charge is 0.382 e. The fourth-order valence-corrected chi connectivity index (χ4v) is 2.92. The quantitative estimate of drug-likeness (QED) is 0.771. The molecule has 0 bridgehead atoms. The first-order valence-corrected chi connectivity index (χ1v) is 6.95. The zero-order chi connectivity index (χ0) is 13.5. The molecule has 0 aliphatic heterocycles. The number of benzene rings is 1. The van der Waals surface area contributed by atoms with Crippen molar-refractivity contribution >= 4 is 43.5 Å². The molecule has 1 amide bonds. The van der Waals surface area contributed by atoms with Gasteiger partial charge in [0.25, 0.3) is 0 Å². The third kappa shape index (κ3) is 5.06. The summed E-state index contributed by atoms with van der Waals surface area (Å²) in [5.41, 5.74) is 1.81. The molecule has 0 spiro atoms. The number of amides is 1. The van der Waals surface area contributed by atoms with Crippen molar-refractivity contribution in [3.8, 4) is 0 Å². The van der Waals surface area contributed by atoms with E-state index in [1.54, 1.807) is 7.11 Å². The normalized spacial score (nSPS) is 10.4. The summed E-state index contributed by atoms with van der Waals surface area (Å²) in [6, 6.07) is 3.87. The van der Waals surface area contributed by atoms with Crippen molar-refractivity contribution < 1.29 is 14.3 Å². The minimum atomic E-state index is -0.198. The number of hydrogen-bond donors (Lipinski definition) is 1. The highest BCUT2D eigenvalue weighted by Crippen LogP contribution is 2.32. The summed E-state index contributed by atoms with van der Waals surface area (Å²) in [4.78, 5) is 11.6. The second kappa shape index (κ2) is 7.89. The van der Waals surface area contributed by atoms with E-state index in [9.17, 15) is 4.79 Å². The number of carbonyl (C=O) groups excluding carboxylic acids is 1. The summed E-state index contributed by atoms with van der Waals surface area (Å²) in [5, 5.41) is 2.78. The fraction of sp³-hybridized carbons (Fsp3) is 0.417. The number of rotatable bonds is 6.